The van der Waals surface area contributed by atoms with E-state index in [2.05, 4.69) is 5.10 Å². The van der Waals surface area contributed by atoms with E-state index in [0.717, 1.165) is 0 Å². The molecule has 0 aliphatic heterocycles. The van der Waals surface area contributed by atoms with Crippen molar-refractivity contribution in [3.8, 4) is 6.07 Å². The first kappa shape index (κ1) is 14.8. The fourth-order valence-corrected chi connectivity index (χ4v) is 3.11. The molecule has 0 unspecified atom stereocenters. The van der Waals surface area contributed by atoms with Crippen LogP contribution < -0.4 is 5.56 Å². The zero-order chi connectivity index (χ0) is 14.9. The molecule has 2 heterocycles. The predicted molar refractivity (Wildman–Crippen MR) is 82.2 cm³/mol. The SMILES string of the molecule is Cc1cc(C)n(/N=C/c2sc(Cl)cc2Cl)c(=O)c1C#N. The summed E-state index contributed by atoms with van der Waals surface area (Å²) in [6.45, 7) is 3.47. The number of nitrogens with zero attached hydrogens (tertiary/aromatic N) is 3. The molecule has 20 heavy (non-hydrogen) atoms. The van der Waals surface area contributed by atoms with Crippen molar-refractivity contribution in [2.24, 2.45) is 5.10 Å². The molecule has 4 nitrogen and oxygen atoms in total. The number of aromatic nitrogens is 1. The lowest BCUT2D eigenvalue weighted by atomic mass is 10.1. The van der Waals surface area contributed by atoms with Crippen LogP contribution in [0, 0.1) is 25.2 Å². The average Bonchev–Trinajstić information content (AvgIpc) is 2.67. The van der Waals surface area contributed by atoms with Gasteiger partial charge in [0.25, 0.3) is 5.56 Å². The molecule has 0 atom stereocenters. The molecule has 0 radical (unpaired) electrons. The van der Waals surface area contributed by atoms with Gasteiger partial charge in [-0.25, -0.2) is 4.68 Å². The highest BCUT2D eigenvalue weighted by Crippen LogP contribution is 2.29. The van der Waals surface area contributed by atoms with E-state index in [9.17, 15) is 4.79 Å². The van der Waals surface area contributed by atoms with Crippen molar-refractivity contribution in [3.63, 3.8) is 0 Å². The number of aryl methyl sites for hydroxylation is 2. The van der Waals surface area contributed by atoms with Crippen LogP contribution in [0.5, 0.6) is 0 Å². The summed E-state index contributed by atoms with van der Waals surface area (Å²) in [5.41, 5.74) is 0.920. The second kappa shape index (κ2) is 5.80. The second-order valence-corrected chi connectivity index (χ2v) is 6.20. The lowest BCUT2D eigenvalue weighted by Crippen LogP contribution is -2.22. The van der Waals surface area contributed by atoms with Gasteiger partial charge in [-0.3, -0.25) is 4.79 Å². The van der Waals surface area contributed by atoms with Crippen LogP contribution in [-0.4, -0.2) is 10.9 Å². The number of hydrogen-bond donors (Lipinski definition) is 0. The Labute approximate surface area is 129 Å². The van der Waals surface area contributed by atoms with Crippen LogP contribution in [0.3, 0.4) is 0 Å². The second-order valence-electron chi connectivity index (χ2n) is 4.08. The first-order chi connectivity index (χ1) is 9.43. The Balaban J connectivity index is 2.53. The van der Waals surface area contributed by atoms with Gasteiger partial charge in [0.2, 0.25) is 0 Å². The van der Waals surface area contributed by atoms with Crippen molar-refractivity contribution < 1.29 is 0 Å². The van der Waals surface area contributed by atoms with Gasteiger partial charge in [0.15, 0.2) is 0 Å². The summed E-state index contributed by atoms with van der Waals surface area (Å²) >= 11 is 13.1. The lowest BCUT2D eigenvalue weighted by Gasteiger charge is -2.05. The minimum absolute atomic E-state index is 0.0862. The first-order valence-corrected chi connectivity index (χ1v) is 7.14. The van der Waals surface area contributed by atoms with Gasteiger partial charge in [-0.2, -0.15) is 10.4 Å². The number of rotatable bonds is 2. The maximum atomic E-state index is 12.1. The fourth-order valence-electron chi connectivity index (χ4n) is 1.71. The molecule has 0 saturated heterocycles. The first-order valence-electron chi connectivity index (χ1n) is 5.56. The molecule has 2 aromatic heterocycles. The molecule has 0 fully saturated rings. The molecule has 0 N–H and O–H groups in total. The summed E-state index contributed by atoms with van der Waals surface area (Å²) < 4.78 is 1.72. The van der Waals surface area contributed by atoms with Crippen LogP contribution in [0.2, 0.25) is 9.36 Å². The van der Waals surface area contributed by atoms with Gasteiger partial charge in [0.1, 0.15) is 11.6 Å². The fraction of sp³-hybridized carbons (Fsp3) is 0.154. The number of nitriles is 1. The lowest BCUT2D eigenvalue weighted by molar-refractivity contribution is 0.787. The highest BCUT2D eigenvalue weighted by Gasteiger charge is 2.09. The zero-order valence-corrected chi connectivity index (χ0v) is 13.0. The molecule has 0 saturated carbocycles. The van der Waals surface area contributed by atoms with Crippen molar-refractivity contribution in [2.45, 2.75) is 13.8 Å². The maximum absolute atomic E-state index is 12.1. The molecular formula is C13H9Cl2N3OS. The quantitative estimate of drug-likeness (QED) is 0.792. The molecule has 102 valence electrons. The van der Waals surface area contributed by atoms with Gasteiger partial charge < -0.3 is 0 Å². The average molecular weight is 326 g/mol. The van der Waals surface area contributed by atoms with Crippen LogP contribution in [-0.2, 0) is 0 Å². The van der Waals surface area contributed by atoms with Crippen LogP contribution in [0.1, 0.15) is 21.7 Å². The van der Waals surface area contributed by atoms with Crippen LogP contribution in [0.4, 0.5) is 0 Å². The smallest absolute Gasteiger partial charge is 0.266 e. The van der Waals surface area contributed by atoms with E-state index in [1.807, 2.05) is 6.07 Å². The number of hydrogen-bond acceptors (Lipinski definition) is 4. The van der Waals surface area contributed by atoms with Crippen molar-refractivity contribution in [2.75, 3.05) is 0 Å². The van der Waals surface area contributed by atoms with Crippen LogP contribution in [0.15, 0.2) is 22.0 Å². The van der Waals surface area contributed by atoms with E-state index in [1.165, 1.54) is 22.2 Å². The Hall–Kier alpha value is -1.61. The number of halogens is 2. The molecule has 2 rings (SSSR count). The third kappa shape index (κ3) is 2.78. The van der Waals surface area contributed by atoms with Gasteiger partial charge in [0.05, 0.1) is 20.5 Å². The van der Waals surface area contributed by atoms with E-state index in [-0.39, 0.29) is 5.56 Å². The number of pyridine rings is 1. The molecule has 0 bridgehead atoms. The van der Waals surface area contributed by atoms with Crippen molar-refractivity contribution in [1.82, 2.24) is 4.68 Å². The van der Waals surface area contributed by atoms with Crippen LogP contribution in [0.25, 0.3) is 0 Å². The van der Waals surface area contributed by atoms with E-state index in [4.69, 9.17) is 28.5 Å². The van der Waals surface area contributed by atoms with E-state index >= 15 is 0 Å². The summed E-state index contributed by atoms with van der Waals surface area (Å²) in [7, 11) is 0. The molecule has 0 amide bonds. The molecular weight excluding hydrogens is 317 g/mol. The van der Waals surface area contributed by atoms with Crippen molar-refractivity contribution in [3.05, 3.63) is 53.5 Å². The van der Waals surface area contributed by atoms with Crippen LogP contribution >= 0.6 is 34.5 Å². The summed E-state index contributed by atoms with van der Waals surface area (Å²) in [6.07, 6.45) is 1.46. The zero-order valence-electron chi connectivity index (χ0n) is 10.6. The largest absolute Gasteiger partial charge is 0.289 e. The normalized spacial score (nSPS) is 10.9. The van der Waals surface area contributed by atoms with Gasteiger partial charge >= 0.3 is 0 Å². The predicted octanol–water partition coefficient (Wildman–Crippen LogP) is 3.59. The molecule has 7 heteroatoms. The van der Waals surface area contributed by atoms with Crippen molar-refractivity contribution >= 4 is 40.8 Å². The van der Waals surface area contributed by atoms with E-state index < -0.39 is 5.56 Å². The van der Waals surface area contributed by atoms with Gasteiger partial charge in [-0.05, 0) is 31.5 Å². The minimum Gasteiger partial charge on any atom is -0.266 e. The molecule has 0 aliphatic rings. The molecule has 2 aromatic rings. The maximum Gasteiger partial charge on any atom is 0.289 e. The molecule has 0 spiro atoms. The number of thiophene rings is 1. The Morgan fingerprint density at radius 1 is 1.40 bits per heavy atom. The summed E-state index contributed by atoms with van der Waals surface area (Å²) in [5.74, 6) is 0. The van der Waals surface area contributed by atoms with E-state index in [1.54, 1.807) is 26.0 Å². The third-order valence-electron chi connectivity index (χ3n) is 2.65. The molecule has 0 aromatic carbocycles. The van der Waals surface area contributed by atoms with Crippen molar-refractivity contribution in [1.29, 1.82) is 5.26 Å². The van der Waals surface area contributed by atoms with E-state index in [0.29, 0.717) is 25.5 Å². The third-order valence-corrected chi connectivity index (χ3v) is 4.27. The Kier molecular flexibility index (Phi) is 4.29. The Morgan fingerprint density at radius 2 is 2.10 bits per heavy atom. The molecule has 0 aliphatic carbocycles. The summed E-state index contributed by atoms with van der Waals surface area (Å²) in [4.78, 5) is 12.8. The van der Waals surface area contributed by atoms with Gasteiger partial charge in [0, 0.05) is 5.69 Å². The Morgan fingerprint density at radius 3 is 2.65 bits per heavy atom. The summed E-state index contributed by atoms with van der Waals surface area (Å²) in [6, 6.07) is 5.24. The monoisotopic (exact) mass is 325 g/mol. The standard InChI is InChI=1S/C13H9Cl2N3OS/c1-7-3-8(2)18(13(19)9(7)5-16)17-6-11-10(14)4-12(15)20-11/h3-4,6H,1-2H3/b17-6+. The highest BCUT2D eigenvalue weighted by atomic mass is 35.5. The highest BCUT2D eigenvalue weighted by molar-refractivity contribution is 7.18. The minimum atomic E-state index is -0.444. The summed E-state index contributed by atoms with van der Waals surface area (Å²) in [5, 5.41) is 13.6. The topological polar surface area (TPSA) is 58.1 Å². The van der Waals surface area contributed by atoms with Gasteiger partial charge in [-0.15, -0.1) is 11.3 Å². The Bertz CT molecular complexity index is 799. The van der Waals surface area contributed by atoms with Gasteiger partial charge in [-0.1, -0.05) is 23.2 Å².